The van der Waals surface area contributed by atoms with Gasteiger partial charge in [-0.2, -0.15) is 0 Å². The topological polar surface area (TPSA) is 93.7 Å². The second kappa shape index (κ2) is 9.22. The summed E-state index contributed by atoms with van der Waals surface area (Å²) in [6.45, 7) is 1.52. The number of hydrogen-bond donors (Lipinski definition) is 2. The van der Waals surface area contributed by atoms with Gasteiger partial charge in [0, 0.05) is 13.5 Å². The average molecular weight is 356 g/mol. The fourth-order valence-corrected chi connectivity index (χ4v) is 2.16. The van der Waals surface area contributed by atoms with Crippen molar-refractivity contribution in [1.82, 2.24) is 5.32 Å². The number of rotatable bonds is 7. The molecule has 136 valence electrons. The van der Waals surface area contributed by atoms with Crippen LogP contribution in [0.1, 0.15) is 22.8 Å². The number of para-hydroxylation sites is 2. The van der Waals surface area contributed by atoms with Crippen molar-refractivity contribution in [2.24, 2.45) is 0 Å². The molecular weight excluding hydrogens is 336 g/mol. The third-order valence-corrected chi connectivity index (χ3v) is 3.42. The van der Waals surface area contributed by atoms with E-state index in [1.807, 2.05) is 0 Å². The number of ether oxygens (including phenoxy) is 2. The maximum absolute atomic E-state index is 11.9. The quantitative estimate of drug-likeness (QED) is 0.741. The van der Waals surface area contributed by atoms with E-state index < -0.39 is 5.97 Å². The van der Waals surface area contributed by atoms with Crippen LogP contribution in [0.4, 0.5) is 5.69 Å². The molecule has 0 saturated heterocycles. The molecule has 0 unspecified atom stereocenters. The SMILES string of the molecule is COC(=O)c1ccc(CNC(=O)COc2ccccc2NC(C)=O)cc1. The molecule has 0 bridgehead atoms. The lowest BCUT2D eigenvalue weighted by Gasteiger charge is -2.11. The summed E-state index contributed by atoms with van der Waals surface area (Å²) >= 11 is 0. The highest BCUT2D eigenvalue weighted by atomic mass is 16.5. The summed E-state index contributed by atoms with van der Waals surface area (Å²) in [6.07, 6.45) is 0. The Morgan fingerprint density at radius 3 is 2.35 bits per heavy atom. The number of hydrogen-bond acceptors (Lipinski definition) is 5. The molecule has 26 heavy (non-hydrogen) atoms. The number of carbonyl (C=O) groups is 3. The minimum Gasteiger partial charge on any atom is -0.482 e. The fourth-order valence-electron chi connectivity index (χ4n) is 2.16. The second-order valence-electron chi connectivity index (χ2n) is 5.43. The molecule has 0 saturated carbocycles. The van der Waals surface area contributed by atoms with E-state index in [0.29, 0.717) is 23.5 Å². The van der Waals surface area contributed by atoms with E-state index in [4.69, 9.17) is 4.74 Å². The van der Waals surface area contributed by atoms with Crippen LogP contribution in [-0.4, -0.2) is 31.5 Å². The van der Waals surface area contributed by atoms with Gasteiger partial charge < -0.3 is 20.1 Å². The highest BCUT2D eigenvalue weighted by Crippen LogP contribution is 2.23. The molecule has 0 atom stereocenters. The van der Waals surface area contributed by atoms with Gasteiger partial charge in [-0.1, -0.05) is 24.3 Å². The normalized spacial score (nSPS) is 9.92. The summed E-state index contributed by atoms with van der Waals surface area (Å²) in [4.78, 5) is 34.5. The van der Waals surface area contributed by atoms with Crippen molar-refractivity contribution in [2.75, 3.05) is 19.0 Å². The number of anilines is 1. The van der Waals surface area contributed by atoms with E-state index in [-0.39, 0.29) is 18.4 Å². The molecule has 0 aromatic heterocycles. The zero-order valence-electron chi connectivity index (χ0n) is 14.6. The Kier molecular flexibility index (Phi) is 6.73. The first kappa shape index (κ1) is 19.0. The maximum atomic E-state index is 11.9. The van der Waals surface area contributed by atoms with Crippen LogP contribution < -0.4 is 15.4 Å². The van der Waals surface area contributed by atoms with E-state index >= 15 is 0 Å². The largest absolute Gasteiger partial charge is 0.482 e. The van der Waals surface area contributed by atoms with Crippen LogP contribution in [0, 0.1) is 0 Å². The Labute approximate surface area is 151 Å². The Hall–Kier alpha value is -3.35. The Morgan fingerprint density at radius 2 is 1.69 bits per heavy atom. The molecule has 7 nitrogen and oxygen atoms in total. The molecular formula is C19H20N2O5. The monoisotopic (exact) mass is 356 g/mol. The van der Waals surface area contributed by atoms with Crippen LogP contribution in [0.2, 0.25) is 0 Å². The van der Waals surface area contributed by atoms with Crippen molar-refractivity contribution < 1.29 is 23.9 Å². The standard InChI is InChI=1S/C19H20N2O5/c1-13(22)21-16-5-3-4-6-17(16)26-12-18(23)20-11-14-7-9-15(10-8-14)19(24)25-2/h3-10H,11-12H2,1-2H3,(H,20,23)(H,21,22). The predicted molar refractivity (Wildman–Crippen MR) is 95.9 cm³/mol. The fraction of sp³-hybridized carbons (Fsp3) is 0.211. The molecule has 2 N–H and O–H groups in total. The first-order chi connectivity index (χ1) is 12.5. The summed E-state index contributed by atoms with van der Waals surface area (Å²) < 4.78 is 10.1. The van der Waals surface area contributed by atoms with Gasteiger partial charge in [-0.15, -0.1) is 0 Å². The van der Waals surface area contributed by atoms with Crippen molar-refractivity contribution in [2.45, 2.75) is 13.5 Å². The third-order valence-electron chi connectivity index (χ3n) is 3.42. The first-order valence-corrected chi connectivity index (χ1v) is 7.93. The minimum atomic E-state index is -0.410. The lowest BCUT2D eigenvalue weighted by molar-refractivity contribution is -0.123. The van der Waals surface area contributed by atoms with Crippen LogP contribution in [0.5, 0.6) is 5.75 Å². The smallest absolute Gasteiger partial charge is 0.337 e. The number of amides is 2. The lowest BCUT2D eigenvalue weighted by atomic mass is 10.1. The number of methoxy groups -OCH3 is 1. The van der Waals surface area contributed by atoms with Crippen molar-refractivity contribution >= 4 is 23.5 Å². The van der Waals surface area contributed by atoms with Crippen LogP contribution >= 0.6 is 0 Å². The van der Waals surface area contributed by atoms with Crippen molar-refractivity contribution in [3.8, 4) is 5.75 Å². The molecule has 0 aliphatic heterocycles. The Morgan fingerprint density at radius 1 is 1.00 bits per heavy atom. The summed E-state index contributed by atoms with van der Waals surface area (Å²) in [7, 11) is 1.32. The third kappa shape index (κ3) is 5.62. The molecule has 0 fully saturated rings. The molecule has 0 radical (unpaired) electrons. The molecule has 0 spiro atoms. The summed E-state index contributed by atoms with van der Waals surface area (Å²) in [5.74, 6) is -0.521. The van der Waals surface area contributed by atoms with E-state index in [1.54, 1.807) is 48.5 Å². The zero-order chi connectivity index (χ0) is 18.9. The van der Waals surface area contributed by atoms with Gasteiger partial charge in [0.25, 0.3) is 5.91 Å². The van der Waals surface area contributed by atoms with E-state index in [0.717, 1.165) is 5.56 Å². The molecule has 2 aromatic rings. The van der Waals surface area contributed by atoms with Gasteiger partial charge >= 0.3 is 5.97 Å². The maximum Gasteiger partial charge on any atom is 0.337 e. The number of benzene rings is 2. The van der Waals surface area contributed by atoms with Crippen LogP contribution in [0.25, 0.3) is 0 Å². The second-order valence-corrected chi connectivity index (χ2v) is 5.43. The first-order valence-electron chi connectivity index (χ1n) is 7.93. The van der Waals surface area contributed by atoms with E-state index in [9.17, 15) is 14.4 Å². The van der Waals surface area contributed by atoms with Gasteiger partial charge in [0.2, 0.25) is 5.91 Å². The van der Waals surface area contributed by atoms with E-state index in [1.165, 1.54) is 14.0 Å². The summed E-state index contributed by atoms with van der Waals surface area (Å²) in [5, 5.41) is 5.37. The molecule has 7 heteroatoms. The highest BCUT2D eigenvalue weighted by Gasteiger charge is 2.08. The van der Waals surface area contributed by atoms with Gasteiger partial charge in [0.1, 0.15) is 5.75 Å². The average Bonchev–Trinajstić information content (AvgIpc) is 2.65. The van der Waals surface area contributed by atoms with Crippen molar-refractivity contribution in [1.29, 1.82) is 0 Å². The van der Waals surface area contributed by atoms with Crippen molar-refractivity contribution in [3.05, 3.63) is 59.7 Å². The number of carbonyl (C=O) groups excluding carboxylic acids is 3. The lowest BCUT2D eigenvalue weighted by Crippen LogP contribution is -2.28. The number of esters is 1. The summed E-state index contributed by atoms with van der Waals surface area (Å²) in [5.41, 5.74) is 1.79. The Bertz CT molecular complexity index is 787. The predicted octanol–water partition coefficient (Wildman–Crippen LogP) is 2.13. The molecule has 2 rings (SSSR count). The number of nitrogens with one attached hydrogen (secondary N) is 2. The minimum absolute atomic E-state index is 0.184. The molecule has 0 aliphatic carbocycles. The summed E-state index contributed by atoms with van der Waals surface area (Å²) in [6, 6.07) is 13.6. The van der Waals surface area contributed by atoms with Gasteiger partial charge in [0.15, 0.2) is 6.61 Å². The molecule has 0 aliphatic rings. The molecule has 2 aromatic carbocycles. The van der Waals surface area contributed by atoms with Gasteiger partial charge in [-0.3, -0.25) is 9.59 Å². The Balaban J connectivity index is 1.84. The van der Waals surface area contributed by atoms with E-state index in [2.05, 4.69) is 15.4 Å². The van der Waals surface area contributed by atoms with Gasteiger partial charge in [-0.05, 0) is 29.8 Å². The molecule has 2 amide bonds. The highest BCUT2D eigenvalue weighted by molar-refractivity contribution is 5.90. The van der Waals surface area contributed by atoms with Gasteiger partial charge in [-0.25, -0.2) is 4.79 Å². The van der Waals surface area contributed by atoms with Crippen LogP contribution in [0.15, 0.2) is 48.5 Å². The van der Waals surface area contributed by atoms with Gasteiger partial charge in [0.05, 0.1) is 18.4 Å². The van der Waals surface area contributed by atoms with Crippen molar-refractivity contribution in [3.63, 3.8) is 0 Å². The zero-order valence-corrected chi connectivity index (χ0v) is 14.6. The van der Waals surface area contributed by atoms with Crippen LogP contribution in [0.3, 0.4) is 0 Å². The van der Waals surface area contributed by atoms with Crippen LogP contribution in [-0.2, 0) is 20.9 Å². The molecule has 0 heterocycles.